The van der Waals surface area contributed by atoms with Crippen LogP contribution in [0.2, 0.25) is 5.02 Å². The van der Waals surface area contributed by atoms with Crippen molar-refractivity contribution < 1.29 is 4.79 Å². The number of amides is 1. The number of nitrogens with one attached hydrogen (secondary N) is 1. The summed E-state index contributed by atoms with van der Waals surface area (Å²) in [5, 5.41) is 12.0. The van der Waals surface area contributed by atoms with E-state index in [-0.39, 0.29) is 11.8 Å². The summed E-state index contributed by atoms with van der Waals surface area (Å²) in [5.41, 5.74) is 1.14. The minimum Gasteiger partial charge on any atom is -0.359 e. The molecule has 0 spiro atoms. The second-order valence-electron chi connectivity index (χ2n) is 4.58. The fraction of sp³-hybridized carbons (Fsp3) is 0.462. The normalized spacial score (nSPS) is 18.2. The molecule has 2 rings (SSSR count). The number of halogens is 1. The molecule has 1 aliphatic rings. The molecule has 1 N–H and O–H groups in total. The summed E-state index contributed by atoms with van der Waals surface area (Å²) < 4.78 is 0. The molecule has 0 aromatic carbocycles. The molecule has 0 bridgehead atoms. The fourth-order valence-electron chi connectivity index (χ4n) is 2.27. The number of aromatic nitrogens is 1. The van der Waals surface area contributed by atoms with Gasteiger partial charge in [-0.1, -0.05) is 11.6 Å². The Kier molecular flexibility index (Phi) is 3.91. The highest BCUT2D eigenvalue weighted by molar-refractivity contribution is 6.33. The first-order chi connectivity index (χ1) is 9.06. The second-order valence-corrected chi connectivity index (χ2v) is 4.99. The van der Waals surface area contributed by atoms with Crippen LogP contribution in [-0.4, -0.2) is 31.0 Å². The van der Waals surface area contributed by atoms with Crippen molar-refractivity contribution in [3.05, 3.63) is 22.3 Å². The maximum absolute atomic E-state index is 11.6. The van der Waals surface area contributed by atoms with Crippen molar-refractivity contribution in [1.82, 2.24) is 10.3 Å². The molecule has 100 valence electrons. The van der Waals surface area contributed by atoms with Crippen molar-refractivity contribution in [3.63, 3.8) is 0 Å². The lowest BCUT2D eigenvalue weighted by Crippen LogP contribution is -2.30. The van der Waals surface area contributed by atoms with Gasteiger partial charge in [-0.2, -0.15) is 5.26 Å². The van der Waals surface area contributed by atoms with Crippen LogP contribution >= 0.6 is 11.6 Å². The predicted octanol–water partition coefficient (Wildman–Crippen LogP) is 1.49. The van der Waals surface area contributed by atoms with Crippen LogP contribution in [0.15, 0.2) is 6.07 Å². The third-order valence-electron chi connectivity index (χ3n) is 3.37. The number of nitriles is 1. The Hall–Kier alpha value is -1.80. The average molecular weight is 279 g/mol. The zero-order valence-corrected chi connectivity index (χ0v) is 11.7. The molecular formula is C13H15ClN4O. The van der Waals surface area contributed by atoms with E-state index in [1.54, 1.807) is 20.0 Å². The average Bonchev–Trinajstić information content (AvgIpc) is 2.89. The SMILES string of the molecule is CNC(=O)C1CCN(c2nc(C)c(C#N)cc2Cl)C1. The van der Waals surface area contributed by atoms with Gasteiger partial charge in [0.1, 0.15) is 11.9 Å². The van der Waals surface area contributed by atoms with Gasteiger partial charge in [0.25, 0.3) is 0 Å². The Morgan fingerprint density at radius 2 is 2.42 bits per heavy atom. The number of hydrogen-bond acceptors (Lipinski definition) is 4. The molecule has 1 atom stereocenters. The summed E-state index contributed by atoms with van der Waals surface area (Å²) in [6.45, 7) is 3.14. The first-order valence-electron chi connectivity index (χ1n) is 6.10. The Balaban J connectivity index is 2.23. The number of aryl methyl sites for hydroxylation is 1. The van der Waals surface area contributed by atoms with Gasteiger partial charge in [-0.3, -0.25) is 4.79 Å². The Bertz CT molecular complexity index is 552. The van der Waals surface area contributed by atoms with Gasteiger partial charge in [0, 0.05) is 20.1 Å². The summed E-state index contributed by atoms with van der Waals surface area (Å²) in [6.07, 6.45) is 0.788. The van der Waals surface area contributed by atoms with E-state index in [0.717, 1.165) is 13.0 Å². The quantitative estimate of drug-likeness (QED) is 0.890. The van der Waals surface area contributed by atoms with Crippen LogP contribution in [0.3, 0.4) is 0 Å². The Morgan fingerprint density at radius 1 is 1.68 bits per heavy atom. The molecule has 2 heterocycles. The molecule has 1 fully saturated rings. The summed E-state index contributed by atoms with van der Waals surface area (Å²) in [4.78, 5) is 18.0. The van der Waals surface area contributed by atoms with E-state index in [1.165, 1.54) is 0 Å². The van der Waals surface area contributed by atoms with Crippen LogP contribution < -0.4 is 10.2 Å². The highest BCUT2D eigenvalue weighted by atomic mass is 35.5. The van der Waals surface area contributed by atoms with Crippen molar-refractivity contribution in [2.75, 3.05) is 25.0 Å². The van der Waals surface area contributed by atoms with Crippen LogP contribution in [0, 0.1) is 24.2 Å². The fourth-order valence-corrected chi connectivity index (χ4v) is 2.54. The minimum atomic E-state index is -0.0289. The molecule has 0 radical (unpaired) electrons. The summed E-state index contributed by atoms with van der Waals surface area (Å²) >= 11 is 6.17. The van der Waals surface area contributed by atoms with Crippen molar-refractivity contribution >= 4 is 23.3 Å². The summed E-state index contributed by atoms with van der Waals surface area (Å²) in [6, 6.07) is 3.69. The smallest absolute Gasteiger partial charge is 0.224 e. The molecule has 1 saturated heterocycles. The molecule has 0 aliphatic carbocycles. The van der Waals surface area contributed by atoms with Crippen molar-refractivity contribution in [3.8, 4) is 6.07 Å². The largest absolute Gasteiger partial charge is 0.359 e. The summed E-state index contributed by atoms with van der Waals surface area (Å²) in [5.74, 6) is 0.673. The number of hydrogen-bond donors (Lipinski definition) is 1. The lowest BCUT2D eigenvalue weighted by molar-refractivity contribution is -0.123. The topological polar surface area (TPSA) is 69.0 Å². The van der Waals surface area contributed by atoms with Crippen molar-refractivity contribution in [2.45, 2.75) is 13.3 Å². The Morgan fingerprint density at radius 3 is 3.05 bits per heavy atom. The van der Waals surface area contributed by atoms with E-state index < -0.39 is 0 Å². The maximum atomic E-state index is 11.6. The molecule has 1 unspecified atom stereocenters. The lowest BCUT2D eigenvalue weighted by atomic mass is 10.1. The number of pyridine rings is 1. The van der Waals surface area contributed by atoms with Gasteiger partial charge in [0.15, 0.2) is 0 Å². The number of carbonyl (C=O) groups excluding carboxylic acids is 1. The van der Waals surface area contributed by atoms with Crippen LogP contribution in [0.4, 0.5) is 5.82 Å². The van der Waals surface area contributed by atoms with Gasteiger partial charge >= 0.3 is 0 Å². The highest BCUT2D eigenvalue weighted by Crippen LogP contribution is 2.30. The molecule has 19 heavy (non-hydrogen) atoms. The zero-order chi connectivity index (χ0) is 14.0. The molecule has 1 aromatic rings. The number of nitrogens with zero attached hydrogens (tertiary/aromatic N) is 3. The summed E-state index contributed by atoms with van der Waals surface area (Å²) in [7, 11) is 1.64. The van der Waals surface area contributed by atoms with Crippen molar-refractivity contribution in [2.24, 2.45) is 5.92 Å². The van der Waals surface area contributed by atoms with Crippen molar-refractivity contribution in [1.29, 1.82) is 5.26 Å². The number of rotatable bonds is 2. The minimum absolute atomic E-state index is 0.0289. The van der Waals surface area contributed by atoms with Crippen LogP contribution in [0.25, 0.3) is 0 Å². The van der Waals surface area contributed by atoms with Gasteiger partial charge in [-0.05, 0) is 19.4 Å². The monoisotopic (exact) mass is 278 g/mol. The molecule has 6 heteroatoms. The standard InChI is InChI=1S/C13H15ClN4O/c1-8-10(6-15)5-11(14)12(17-8)18-4-3-9(7-18)13(19)16-2/h5,9H,3-4,7H2,1-2H3,(H,16,19). The lowest BCUT2D eigenvalue weighted by Gasteiger charge is -2.19. The first kappa shape index (κ1) is 13.6. The molecule has 5 nitrogen and oxygen atoms in total. The molecular weight excluding hydrogens is 264 g/mol. The van der Waals surface area contributed by atoms with Crippen LogP contribution in [0.1, 0.15) is 17.7 Å². The van der Waals surface area contributed by atoms with Gasteiger partial charge in [0.2, 0.25) is 5.91 Å². The third kappa shape index (κ3) is 2.64. The van der Waals surface area contributed by atoms with E-state index in [2.05, 4.69) is 16.4 Å². The Labute approximate surface area is 117 Å². The van der Waals surface area contributed by atoms with Gasteiger partial charge in [-0.15, -0.1) is 0 Å². The zero-order valence-electron chi connectivity index (χ0n) is 10.9. The highest BCUT2D eigenvalue weighted by Gasteiger charge is 2.29. The maximum Gasteiger partial charge on any atom is 0.224 e. The van der Waals surface area contributed by atoms with Crippen LogP contribution in [0.5, 0.6) is 0 Å². The molecule has 1 amide bonds. The van der Waals surface area contributed by atoms with E-state index >= 15 is 0 Å². The van der Waals surface area contributed by atoms with E-state index in [9.17, 15) is 4.79 Å². The molecule has 0 saturated carbocycles. The number of anilines is 1. The first-order valence-corrected chi connectivity index (χ1v) is 6.48. The van der Waals surface area contributed by atoms with E-state index in [4.69, 9.17) is 16.9 Å². The molecule has 1 aromatic heterocycles. The van der Waals surface area contributed by atoms with Crippen LogP contribution in [-0.2, 0) is 4.79 Å². The molecule has 1 aliphatic heterocycles. The van der Waals surface area contributed by atoms with Gasteiger partial charge in [0.05, 0.1) is 22.2 Å². The van der Waals surface area contributed by atoms with Gasteiger partial charge in [-0.25, -0.2) is 4.98 Å². The van der Waals surface area contributed by atoms with Gasteiger partial charge < -0.3 is 10.2 Å². The van der Waals surface area contributed by atoms with E-state index in [0.29, 0.717) is 28.6 Å². The second kappa shape index (κ2) is 5.45. The van der Waals surface area contributed by atoms with E-state index in [1.807, 2.05) is 4.90 Å². The number of carbonyl (C=O) groups is 1. The predicted molar refractivity (Wildman–Crippen MR) is 73.1 cm³/mol. The third-order valence-corrected chi connectivity index (χ3v) is 3.65.